The van der Waals surface area contributed by atoms with E-state index in [0.717, 1.165) is 13.0 Å². The van der Waals surface area contributed by atoms with Crippen molar-refractivity contribution in [2.75, 3.05) is 26.4 Å². The molecule has 58 valence electrons. The van der Waals surface area contributed by atoms with Gasteiger partial charge in [-0.15, -0.1) is 0 Å². The molecule has 0 atom stereocenters. The van der Waals surface area contributed by atoms with E-state index in [-0.39, 0.29) is 6.61 Å². The second-order valence-electron chi connectivity index (χ2n) is 2.20. The molecular formula is C7H13NO2. The first-order valence-electron chi connectivity index (χ1n) is 3.55. The van der Waals surface area contributed by atoms with Crippen molar-refractivity contribution in [1.29, 1.82) is 0 Å². The number of hydrogen-bond acceptors (Lipinski definition) is 3. The SMILES string of the molecule is OCCNC1=CCOCC1. The average Bonchev–Trinajstić information content (AvgIpc) is 2.03. The molecule has 0 aromatic heterocycles. The predicted molar refractivity (Wildman–Crippen MR) is 38.6 cm³/mol. The van der Waals surface area contributed by atoms with Crippen LogP contribution in [0.1, 0.15) is 6.42 Å². The van der Waals surface area contributed by atoms with Crippen molar-refractivity contribution in [2.45, 2.75) is 6.42 Å². The van der Waals surface area contributed by atoms with Crippen LogP contribution < -0.4 is 5.32 Å². The largest absolute Gasteiger partial charge is 0.395 e. The predicted octanol–water partition coefficient (Wildman–Crippen LogP) is -0.128. The van der Waals surface area contributed by atoms with Crippen molar-refractivity contribution >= 4 is 0 Å². The summed E-state index contributed by atoms with van der Waals surface area (Å²) in [5.41, 5.74) is 1.19. The molecule has 0 spiro atoms. The topological polar surface area (TPSA) is 41.5 Å². The normalized spacial score (nSPS) is 18.3. The molecule has 0 aliphatic carbocycles. The molecule has 0 unspecified atom stereocenters. The van der Waals surface area contributed by atoms with Gasteiger partial charge in [0.25, 0.3) is 0 Å². The van der Waals surface area contributed by atoms with Crippen molar-refractivity contribution in [3.05, 3.63) is 11.8 Å². The number of rotatable bonds is 3. The molecule has 2 N–H and O–H groups in total. The monoisotopic (exact) mass is 143 g/mol. The highest BCUT2D eigenvalue weighted by Gasteiger charge is 2.00. The Labute approximate surface area is 60.7 Å². The van der Waals surface area contributed by atoms with Crippen LogP contribution in [0.15, 0.2) is 11.8 Å². The molecule has 0 saturated carbocycles. The molecule has 1 heterocycles. The lowest BCUT2D eigenvalue weighted by Gasteiger charge is -2.14. The fourth-order valence-corrected chi connectivity index (χ4v) is 0.904. The molecule has 0 saturated heterocycles. The van der Waals surface area contributed by atoms with Gasteiger partial charge < -0.3 is 15.2 Å². The highest BCUT2D eigenvalue weighted by atomic mass is 16.5. The first kappa shape index (κ1) is 7.57. The van der Waals surface area contributed by atoms with Crippen LogP contribution in [0.25, 0.3) is 0 Å². The molecule has 0 amide bonds. The number of aliphatic hydroxyl groups is 1. The molecule has 3 nitrogen and oxygen atoms in total. The van der Waals surface area contributed by atoms with Crippen LogP contribution in [0.3, 0.4) is 0 Å². The van der Waals surface area contributed by atoms with Crippen LogP contribution in [0.5, 0.6) is 0 Å². The Morgan fingerprint density at radius 3 is 3.20 bits per heavy atom. The van der Waals surface area contributed by atoms with E-state index in [1.54, 1.807) is 0 Å². The molecule has 0 aromatic rings. The van der Waals surface area contributed by atoms with Gasteiger partial charge in [-0.1, -0.05) is 0 Å². The van der Waals surface area contributed by atoms with Crippen LogP contribution in [-0.2, 0) is 4.74 Å². The summed E-state index contributed by atoms with van der Waals surface area (Å²) in [5, 5.41) is 11.6. The highest BCUT2D eigenvalue weighted by molar-refractivity contribution is 5.01. The Morgan fingerprint density at radius 2 is 2.60 bits per heavy atom. The molecule has 10 heavy (non-hydrogen) atoms. The van der Waals surface area contributed by atoms with Crippen molar-refractivity contribution in [3.8, 4) is 0 Å². The molecule has 0 bridgehead atoms. The molecule has 0 radical (unpaired) electrons. The maximum Gasteiger partial charge on any atom is 0.0667 e. The summed E-state index contributed by atoms with van der Waals surface area (Å²) in [6.07, 6.45) is 2.96. The molecule has 1 aliphatic heterocycles. The van der Waals surface area contributed by atoms with E-state index in [2.05, 4.69) is 5.32 Å². The van der Waals surface area contributed by atoms with E-state index in [4.69, 9.17) is 9.84 Å². The summed E-state index contributed by atoms with van der Waals surface area (Å²) >= 11 is 0. The van der Waals surface area contributed by atoms with Gasteiger partial charge >= 0.3 is 0 Å². The molecule has 1 aliphatic rings. The third kappa shape index (κ3) is 2.37. The first-order chi connectivity index (χ1) is 4.93. The summed E-state index contributed by atoms with van der Waals surface area (Å²) in [4.78, 5) is 0. The van der Waals surface area contributed by atoms with Crippen LogP contribution in [-0.4, -0.2) is 31.5 Å². The molecule has 3 heteroatoms. The van der Waals surface area contributed by atoms with Gasteiger partial charge in [-0.2, -0.15) is 0 Å². The van der Waals surface area contributed by atoms with E-state index in [1.807, 2.05) is 6.08 Å². The quantitative estimate of drug-likeness (QED) is 0.578. The van der Waals surface area contributed by atoms with Gasteiger partial charge in [0, 0.05) is 18.7 Å². The first-order valence-corrected chi connectivity index (χ1v) is 3.55. The van der Waals surface area contributed by atoms with E-state index in [1.165, 1.54) is 5.70 Å². The second kappa shape index (κ2) is 4.30. The van der Waals surface area contributed by atoms with Crippen LogP contribution >= 0.6 is 0 Å². The van der Waals surface area contributed by atoms with Gasteiger partial charge in [0.05, 0.1) is 19.8 Å². The Bertz CT molecular complexity index is 123. The van der Waals surface area contributed by atoms with Gasteiger partial charge in [-0.25, -0.2) is 0 Å². The van der Waals surface area contributed by atoms with E-state index in [9.17, 15) is 0 Å². The fraction of sp³-hybridized carbons (Fsp3) is 0.714. The van der Waals surface area contributed by atoms with Gasteiger partial charge in [0.15, 0.2) is 0 Å². The van der Waals surface area contributed by atoms with Crippen molar-refractivity contribution < 1.29 is 9.84 Å². The third-order valence-electron chi connectivity index (χ3n) is 1.43. The van der Waals surface area contributed by atoms with Gasteiger partial charge in [0.2, 0.25) is 0 Å². The molecule has 0 fully saturated rings. The fourth-order valence-electron chi connectivity index (χ4n) is 0.904. The van der Waals surface area contributed by atoms with Gasteiger partial charge in [0.1, 0.15) is 0 Å². The van der Waals surface area contributed by atoms with E-state index >= 15 is 0 Å². The third-order valence-corrected chi connectivity index (χ3v) is 1.43. The second-order valence-corrected chi connectivity index (χ2v) is 2.20. The minimum Gasteiger partial charge on any atom is -0.395 e. The average molecular weight is 143 g/mol. The van der Waals surface area contributed by atoms with Crippen LogP contribution in [0.4, 0.5) is 0 Å². The minimum absolute atomic E-state index is 0.193. The van der Waals surface area contributed by atoms with Crippen molar-refractivity contribution in [1.82, 2.24) is 5.32 Å². The van der Waals surface area contributed by atoms with Crippen LogP contribution in [0, 0.1) is 0 Å². The zero-order chi connectivity index (χ0) is 7.23. The number of hydrogen-bond donors (Lipinski definition) is 2. The smallest absolute Gasteiger partial charge is 0.0667 e. The van der Waals surface area contributed by atoms with E-state index < -0.39 is 0 Å². The van der Waals surface area contributed by atoms with Crippen molar-refractivity contribution in [2.24, 2.45) is 0 Å². The lowest BCUT2D eigenvalue weighted by atomic mass is 10.2. The maximum absolute atomic E-state index is 8.48. The summed E-state index contributed by atoms with van der Waals surface area (Å²) < 4.78 is 5.10. The molecule has 0 aromatic carbocycles. The summed E-state index contributed by atoms with van der Waals surface area (Å²) in [6.45, 7) is 2.34. The zero-order valence-corrected chi connectivity index (χ0v) is 5.97. The number of ether oxygens (including phenoxy) is 1. The van der Waals surface area contributed by atoms with E-state index in [0.29, 0.717) is 13.2 Å². The summed E-state index contributed by atoms with van der Waals surface area (Å²) in [6, 6.07) is 0. The highest BCUT2D eigenvalue weighted by Crippen LogP contribution is 2.02. The Morgan fingerprint density at radius 1 is 1.70 bits per heavy atom. The Kier molecular flexibility index (Phi) is 3.26. The number of aliphatic hydroxyl groups excluding tert-OH is 1. The summed E-state index contributed by atoms with van der Waals surface area (Å²) in [7, 11) is 0. The van der Waals surface area contributed by atoms with Gasteiger partial charge in [-0.3, -0.25) is 0 Å². The zero-order valence-electron chi connectivity index (χ0n) is 5.97. The van der Waals surface area contributed by atoms with Crippen LogP contribution in [0.2, 0.25) is 0 Å². The minimum atomic E-state index is 0.193. The molecular weight excluding hydrogens is 130 g/mol. The lowest BCUT2D eigenvalue weighted by molar-refractivity contribution is 0.151. The van der Waals surface area contributed by atoms with Gasteiger partial charge in [-0.05, 0) is 6.08 Å². The maximum atomic E-state index is 8.48. The van der Waals surface area contributed by atoms with Crippen molar-refractivity contribution in [3.63, 3.8) is 0 Å². The molecule has 1 rings (SSSR count). The summed E-state index contributed by atoms with van der Waals surface area (Å²) in [5.74, 6) is 0. The number of nitrogens with one attached hydrogen (secondary N) is 1. The lowest BCUT2D eigenvalue weighted by Crippen LogP contribution is -2.21. The Hall–Kier alpha value is -0.540. The Balaban J connectivity index is 2.18. The standard InChI is InChI=1S/C7H13NO2/c9-4-3-8-7-1-5-10-6-2-7/h1,8-9H,2-6H2.